The first-order valence-corrected chi connectivity index (χ1v) is 9.25. The van der Waals surface area contributed by atoms with E-state index in [4.69, 9.17) is 5.73 Å². The molecule has 1 aromatic carbocycles. The third kappa shape index (κ3) is 4.17. The fraction of sp³-hybridized carbons (Fsp3) is 0.571. The Labute approximate surface area is 134 Å². The van der Waals surface area contributed by atoms with Crippen LogP contribution in [0.5, 0.6) is 0 Å². The number of rotatable bonds is 7. The minimum atomic E-state index is -3.88. The highest BCUT2D eigenvalue weighted by Gasteiger charge is 2.28. The van der Waals surface area contributed by atoms with Gasteiger partial charge in [0, 0.05) is 23.2 Å². The summed E-state index contributed by atoms with van der Waals surface area (Å²) in [6.45, 7) is 6.48. The van der Waals surface area contributed by atoms with Gasteiger partial charge in [-0.25, -0.2) is 12.8 Å². The number of nitrogen functional groups attached to an aromatic ring is 1. The van der Waals surface area contributed by atoms with Gasteiger partial charge in [-0.1, -0.05) is 33.6 Å². The highest BCUT2D eigenvalue weighted by molar-refractivity contribution is 9.10. The van der Waals surface area contributed by atoms with Gasteiger partial charge in [-0.05, 0) is 34.0 Å². The Kier molecular flexibility index (Phi) is 6.62. The number of hydrogen-bond acceptors (Lipinski definition) is 3. The Morgan fingerprint density at radius 3 is 2.33 bits per heavy atom. The highest BCUT2D eigenvalue weighted by Crippen LogP contribution is 2.28. The van der Waals surface area contributed by atoms with Gasteiger partial charge in [0.2, 0.25) is 10.0 Å². The molecule has 0 aromatic heterocycles. The minimum Gasteiger partial charge on any atom is -0.398 e. The molecule has 0 atom stereocenters. The molecule has 0 amide bonds. The summed E-state index contributed by atoms with van der Waals surface area (Å²) < 4.78 is 41.0. The first-order valence-electron chi connectivity index (χ1n) is 7.02. The van der Waals surface area contributed by atoms with Gasteiger partial charge in [-0.3, -0.25) is 0 Å². The molecule has 0 saturated heterocycles. The summed E-state index contributed by atoms with van der Waals surface area (Å²) in [5.74, 6) is -0.533. The maximum atomic E-state index is 14.0. The van der Waals surface area contributed by atoms with Gasteiger partial charge in [-0.15, -0.1) is 0 Å². The van der Waals surface area contributed by atoms with Gasteiger partial charge >= 0.3 is 0 Å². The molecule has 0 radical (unpaired) electrons. The Morgan fingerprint density at radius 1 is 1.29 bits per heavy atom. The second-order valence-electron chi connectivity index (χ2n) is 4.94. The molecule has 0 heterocycles. The molecule has 0 bridgehead atoms. The van der Waals surface area contributed by atoms with Crippen LogP contribution >= 0.6 is 15.9 Å². The molecule has 2 N–H and O–H groups in total. The quantitative estimate of drug-likeness (QED) is 0.734. The van der Waals surface area contributed by atoms with Crippen LogP contribution in [0.2, 0.25) is 0 Å². The van der Waals surface area contributed by atoms with Crippen molar-refractivity contribution in [2.24, 2.45) is 5.92 Å². The van der Waals surface area contributed by atoms with E-state index in [9.17, 15) is 12.8 Å². The van der Waals surface area contributed by atoms with Crippen molar-refractivity contribution >= 4 is 31.6 Å². The molecular weight excluding hydrogens is 359 g/mol. The van der Waals surface area contributed by atoms with E-state index in [0.717, 1.165) is 18.9 Å². The third-order valence-corrected chi connectivity index (χ3v) is 6.28. The van der Waals surface area contributed by atoms with Crippen LogP contribution in [0.1, 0.15) is 33.6 Å². The fourth-order valence-corrected chi connectivity index (χ4v) is 4.04. The van der Waals surface area contributed by atoms with E-state index in [1.54, 1.807) is 6.92 Å². The van der Waals surface area contributed by atoms with Crippen molar-refractivity contribution in [2.45, 2.75) is 38.5 Å². The summed E-state index contributed by atoms with van der Waals surface area (Å²) in [4.78, 5) is -0.365. The number of nitrogens with zero attached hydrogens (tertiary/aromatic N) is 1. The number of benzene rings is 1. The second-order valence-corrected chi connectivity index (χ2v) is 7.70. The molecule has 0 spiro atoms. The molecule has 1 aromatic rings. The predicted octanol–water partition coefficient (Wildman–Crippen LogP) is 3.62. The lowest BCUT2D eigenvalue weighted by Crippen LogP contribution is -2.35. The Hall–Kier alpha value is -0.660. The number of halogens is 2. The van der Waals surface area contributed by atoms with Crippen molar-refractivity contribution in [3.63, 3.8) is 0 Å². The molecule has 4 nitrogen and oxygen atoms in total. The van der Waals surface area contributed by atoms with Crippen molar-refractivity contribution in [3.8, 4) is 0 Å². The lowest BCUT2D eigenvalue weighted by Gasteiger charge is -2.25. The number of hydrogen-bond donors (Lipinski definition) is 1. The van der Waals surface area contributed by atoms with E-state index in [2.05, 4.69) is 15.9 Å². The summed E-state index contributed by atoms with van der Waals surface area (Å²) in [5.41, 5.74) is 5.89. The van der Waals surface area contributed by atoms with Gasteiger partial charge in [0.1, 0.15) is 10.7 Å². The Balaban J connectivity index is 3.22. The largest absolute Gasteiger partial charge is 0.398 e. The first kappa shape index (κ1) is 18.4. The van der Waals surface area contributed by atoms with Gasteiger partial charge in [0.15, 0.2) is 0 Å². The predicted molar refractivity (Wildman–Crippen MR) is 87.0 cm³/mol. The summed E-state index contributed by atoms with van der Waals surface area (Å²) >= 11 is 3.09. The van der Waals surface area contributed by atoms with E-state index in [1.165, 1.54) is 10.4 Å². The molecule has 120 valence electrons. The molecule has 7 heteroatoms. The normalized spacial score (nSPS) is 12.3. The minimum absolute atomic E-state index is 0.202. The number of anilines is 1. The zero-order chi connectivity index (χ0) is 16.2. The molecule has 21 heavy (non-hydrogen) atoms. The lowest BCUT2D eigenvalue weighted by atomic mass is 10.0. The highest BCUT2D eigenvalue weighted by atomic mass is 79.9. The second kappa shape index (κ2) is 7.56. The zero-order valence-corrected chi connectivity index (χ0v) is 15.0. The van der Waals surface area contributed by atoms with Crippen LogP contribution in [0.15, 0.2) is 21.5 Å². The maximum Gasteiger partial charge on any atom is 0.246 e. The van der Waals surface area contributed by atoms with E-state index >= 15 is 0 Å². The molecule has 0 aliphatic carbocycles. The van der Waals surface area contributed by atoms with E-state index in [-0.39, 0.29) is 16.5 Å². The van der Waals surface area contributed by atoms with Crippen LogP contribution < -0.4 is 5.73 Å². The maximum absolute atomic E-state index is 14.0. The summed E-state index contributed by atoms with van der Waals surface area (Å²) in [6, 6.07) is 2.26. The van der Waals surface area contributed by atoms with Crippen LogP contribution in [0.25, 0.3) is 0 Å². The number of nitrogens with two attached hydrogens (primary N) is 1. The first-order chi connectivity index (χ1) is 9.77. The van der Waals surface area contributed by atoms with Crippen molar-refractivity contribution in [2.75, 3.05) is 18.8 Å². The third-order valence-electron chi connectivity index (χ3n) is 3.64. The molecule has 0 unspecified atom stereocenters. The smallest absolute Gasteiger partial charge is 0.246 e. The van der Waals surface area contributed by atoms with Crippen molar-refractivity contribution in [3.05, 3.63) is 22.4 Å². The lowest BCUT2D eigenvalue weighted by molar-refractivity contribution is 0.338. The van der Waals surface area contributed by atoms with Gasteiger partial charge in [-0.2, -0.15) is 4.31 Å². The van der Waals surface area contributed by atoms with Crippen LogP contribution in [-0.2, 0) is 10.0 Å². The molecular formula is C14H22BrFN2O2S. The van der Waals surface area contributed by atoms with Gasteiger partial charge in [0.05, 0.1) is 0 Å². The van der Waals surface area contributed by atoms with Gasteiger partial charge in [0.25, 0.3) is 0 Å². The van der Waals surface area contributed by atoms with Gasteiger partial charge < -0.3 is 5.73 Å². The average molecular weight is 381 g/mol. The van der Waals surface area contributed by atoms with Crippen LogP contribution in [-0.4, -0.2) is 25.8 Å². The summed E-state index contributed by atoms with van der Waals surface area (Å²) in [7, 11) is -3.88. The molecule has 0 aliphatic rings. The van der Waals surface area contributed by atoms with E-state index in [1.807, 2.05) is 13.8 Å². The van der Waals surface area contributed by atoms with E-state index < -0.39 is 15.8 Å². The summed E-state index contributed by atoms with van der Waals surface area (Å²) in [5, 5.41) is 0. The average Bonchev–Trinajstić information content (AvgIpc) is 2.43. The van der Waals surface area contributed by atoms with Crippen LogP contribution in [0.4, 0.5) is 10.1 Å². The Morgan fingerprint density at radius 2 is 1.86 bits per heavy atom. The fourth-order valence-electron chi connectivity index (χ4n) is 2.11. The zero-order valence-electron chi connectivity index (χ0n) is 12.6. The molecule has 0 aliphatic heterocycles. The number of sulfonamides is 1. The van der Waals surface area contributed by atoms with Crippen LogP contribution in [0, 0.1) is 11.7 Å². The molecule has 1 rings (SSSR count). The Bertz CT molecular complexity index is 589. The summed E-state index contributed by atoms with van der Waals surface area (Å²) in [6.07, 6.45) is 1.76. The van der Waals surface area contributed by atoms with E-state index in [0.29, 0.717) is 17.6 Å². The van der Waals surface area contributed by atoms with Crippen molar-refractivity contribution < 1.29 is 12.8 Å². The van der Waals surface area contributed by atoms with Crippen LogP contribution in [0.3, 0.4) is 0 Å². The SMILES string of the molecule is CCC(CC)CN(CC)S(=O)(=O)c1cc(N)c(Br)cc1F. The molecule has 0 fully saturated rings. The van der Waals surface area contributed by atoms with Crippen molar-refractivity contribution in [1.82, 2.24) is 4.31 Å². The topological polar surface area (TPSA) is 63.4 Å². The molecule has 0 saturated carbocycles. The standard InChI is InChI=1S/C14H22BrFN2O2S/c1-4-10(5-2)9-18(6-3)21(19,20)14-8-13(17)11(15)7-12(14)16/h7-8,10H,4-6,9,17H2,1-3H3. The van der Waals surface area contributed by atoms with Crippen molar-refractivity contribution in [1.29, 1.82) is 0 Å². The monoisotopic (exact) mass is 380 g/mol.